The fourth-order valence-corrected chi connectivity index (χ4v) is 1.60. The smallest absolute Gasteiger partial charge is 0.307 e. The van der Waals surface area contributed by atoms with Crippen LogP contribution in [0.5, 0.6) is 0 Å². The van der Waals surface area contributed by atoms with Crippen LogP contribution in [0.4, 0.5) is 17.2 Å². The lowest BCUT2D eigenvalue weighted by Gasteiger charge is -2.05. The van der Waals surface area contributed by atoms with E-state index in [9.17, 15) is 4.79 Å². The van der Waals surface area contributed by atoms with Gasteiger partial charge in [0.1, 0.15) is 0 Å². The number of hydrogen-bond acceptors (Lipinski definition) is 7. The number of hydrogen-bond donors (Lipinski definition) is 2. The molecule has 0 unspecified atom stereocenters. The molecule has 0 saturated heterocycles. The third kappa shape index (κ3) is 5.21. The first kappa shape index (κ1) is 17.7. The van der Waals surface area contributed by atoms with Crippen molar-refractivity contribution in [1.82, 2.24) is 19.7 Å². The monoisotopic (exact) mass is 326 g/mol. The highest BCUT2D eigenvalue weighted by atomic mass is 35.5. The van der Waals surface area contributed by atoms with Crippen LogP contribution in [-0.2, 0) is 16.1 Å². The molecular formula is C13H19ClN6O2. The lowest BCUT2D eigenvalue weighted by molar-refractivity contribution is -0.140. The zero-order valence-electron chi connectivity index (χ0n) is 12.7. The Kier molecular flexibility index (Phi) is 7.11. The molecule has 0 fully saturated rings. The van der Waals surface area contributed by atoms with Crippen LogP contribution in [0.15, 0.2) is 18.6 Å². The number of ether oxygens (including phenoxy) is 1. The van der Waals surface area contributed by atoms with E-state index in [2.05, 4.69) is 25.1 Å². The number of esters is 1. The molecule has 2 rings (SSSR count). The standard InChI is InChI=1S/C11H13ClN6O2.C2H6/c1-20-9(19)2-3-18-6-7(4-15-18)16-10-8(13)5-14-11(12)17-10;1-2/h4-6H,2-3,13H2,1H3,(H,14,16,17);1-2H3. The fraction of sp³-hybridized carbons (Fsp3) is 0.385. The minimum absolute atomic E-state index is 0.0970. The van der Waals surface area contributed by atoms with E-state index in [1.807, 2.05) is 13.8 Å². The molecule has 0 aliphatic rings. The highest BCUT2D eigenvalue weighted by Crippen LogP contribution is 2.20. The molecule has 0 saturated carbocycles. The molecule has 120 valence electrons. The molecule has 0 amide bonds. The summed E-state index contributed by atoms with van der Waals surface area (Å²) in [5.74, 6) is 0.111. The van der Waals surface area contributed by atoms with Crippen LogP contribution < -0.4 is 11.1 Å². The molecule has 0 spiro atoms. The maximum atomic E-state index is 11.0. The average molecular weight is 327 g/mol. The summed E-state index contributed by atoms with van der Waals surface area (Å²) in [5, 5.41) is 7.17. The van der Waals surface area contributed by atoms with E-state index in [-0.39, 0.29) is 17.7 Å². The number of aromatic nitrogens is 4. The van der Waals surface area contributed by atoms with Gasteiger partial charge in [-0.25, -0.2) is 4.98 Å². The van der Waals surface area contributed by atoms with Crippen molar-refractivity contribution in [2.75, 3.05) is 18.2 Å². The maximum absolute atomic E-state index is 11.0. The Morgan fingerprint density at radius 3 is 2.86 bits per heavy atom. The molecule has 2 aromatic heterocycles. The summed E-state index contributed by atoms with van der Waals surface area (Å²) in [7, 11) is 1.35. The first-order valence-electron chi connectivity index (χ1n) is 6.73. The molecule has 3 N–H and O–H groups in total. The number of rotatable bonds is 5. The van der Waals surface area contributed by atoms with E-state index in [0.29, 0.717) is 23.7 Å². The van der Waals surface area contributed by atoms with E-state index in [0.717, 1.165) is 0 Å². The van der Waals surface area contributed by atoms with Crippen molar-refractivity contribution in [3.8, 4) is 0 Å². The van der Waals surface area contributed by atoms with Gasteiger partial charge in [0.15, 0.2) is 5.82 Å². The van der Waals surface area contributed by atoms with Crippen molar-refractivity contribution in [3.63, 3.8) is 0 Å². The predicted molar refractivity (Wildman–Crippen MR) is 84.9 cm³/mol. The van der Waals surface area contributed by atoms with Crippen LogP contribution in [0.3, 0.4) is 0 Å². The number of halogens is 1. The lowest BCUT2D eigenvalue weighted by atomic mass is 10.4. The number of nitrogen functional groups attached to an aromatic ring is 1. The zero-order chi connectivity index (χ0) is 16.5. The van der Waals surface area contributed by atoms with Gasteiger partial charge in [-0.15, -0.1) is 0 Å². The van der Waals surface area contributed by atoms with Crippen LogP contribution >= 0.6 is 11.6 Å². The Morgan fingerprint density at radius 1 is 1.45 bits per heavy atom. The normalized spacial score (nSPS) is 9.64. The van der Waals surface area contributed by atoms with E-state index < -0.39 is 0 Å². The van der Waals surface area contributed by atoms with Gasteiger partial charge in [-0.1, -0.05) is 13.8 Å². The first-order chi connectivity index (χ1) is 10.6. The quantitative estimate of drug-likeness (QED) is 0.640. The molecule has 0 radical (unpaired) electrons. The summed E-state index contributed by atoms with van der Waals surface area (Å²) in [6.45, 7) is 4.42. The summed E-state index contributed by atoms with van der Waals surface area (Å²) in [6, 6.07) is 0. The van der Waals surface area contributed by atoms with Crippen molar-refractivity contribution in [2.24, 2.45) is 0 Å². The van der Waals surface area contributed by atoms with Crippen LogP contribution in [-0.4, -0.2) is 32.8 Å². The number of nitrogens with two attached hydrogens (primary N) is 1. The third-order valence-corrected chi connectivity index (χ3v) is 2.64. The lowest BCUT2D eigenvalue weighted by Crippen LogP contribution is -2.07. The van der Waals surface area contributed by atoms with Gasteiger partial charge in [-0.3, -0.25) is 9.48 Å². The number of nitrogens with one attached hydrogen (secondary N) is 1. The van der Waals surface area contributed by atoms with Crippen molar-refractivity contribution in [2.45, 2.75) is 26.8 Å². The third-order valence-electron chi connectivity index (χ3n) is 2.46. The highest BCUT2D eigenvalue weighted by molar-refractivity contribution is 6.28. The van der Waals surface area contributed by atoms with Gasteiger partial charge in [0.05, 0.1) is 43.8 Å². The fourth-order valence-electron chi connectivity index (χ4n) is 1.46. The number of aryl methyl sites for hydroxylation is 1. The average Bonchev–Trinajstić information content (AvgIpc) is 2.98. The molecule has 8 nitrogen and oxygen atoms in total. The zero-order valence-corrected chi connectivity index (χ0v) is 13.5. The Labute approximate surface area is 133 Å². The SMILES string of the molecule is CC.COC(=O)CCn1cc(Nc2nc(Cl)ncc2N)cn1. The molecular weight excluding hydrogens is 308 g/mol. The van der Waals surface area contributed by atoms with Gasteiger partial charge >= 0.3 is 5.97 Å². The first-order valence-corrected chi connectivity index (χ1v) is 7.10. The Hall–Kier alpha value is -2.35. The molecule has 2 aromatic rings. The second-order valence-electron chi connectivity index (χ2n) is 3.89. The summed E-state index contributed by atoms with van der Waals surface area (Å²) in [6.07, 6.45) is 4.98. The van der Waals surface area contributed by atoms with Crippen LogP contribution in [0.1, 0.15) is 20.3 Å². The van der Waals surface area contributed by atoms with Crippen molar-refractivity contribution in [3.05, 3.63) is 23.9 Å². The van der Waals surface area contributed by atoms with Gasteiger partial charge in [0.2, 0.25) is 5.28 Å². The Morgan fingerprint density at radius 2 is 2.18 bits per heavy atom. The van der Waals surface area contributed by atoms with Crippen molar-refractivity contribution in [1.29, 1.82) is 0 Å². The van der Waals surface area contributed by atoms with Gasteiger partial charge in [0.25, 0.3) is 0 Å². The summed E-state index contributed by atoms with van der Waals surface area (Å²) >= 11 is 5.70. The molecule has 0 aliphatic carbocycles. The van der Waals surface area contributed by atoms with Gasteiger partial charge < -0.3 is 15.8 Å². The molecule has 2 heterocycles. The van der Waals surface area contributed by atoms with Crippen molar-refractivity contribution >= 4 is 34.8 Å². The van der Waals surface area contributed by atoms with Crippen molar-refractivity contribution < 1.29 is 9.53 Å². The van der Waals surface area contributed by atoms with E-state index in [4.69, 9.17) is 17.3 Å². The van der Waals surface area contributed by atoms with Gasteiger partial charge in [-0.2, -0.15) is 10.1 Å². The van der Waals surface area contributed by atoms with E-state index in [1.165, 1.54) is 13.3 Å². The molecule has 9 heteroatoms. The van der Waals surface area contributed by atoms with Gasteiger partial charge in [0, 0.05) is 6.20 Å². The summed E-state index contributed by atoms with van der Waals surface area (Å²) < 4.78 is 6.17. The molecule has 0 aromatic carbocycles. The number of carbonyl (C=O) groups is 1. The maximum Gasteiger partial charge on any atom is 0.307 e. The molecule has 0 aliphatic heterocycles. The largest absolute Gasteiger partial charge is 0.469 e. The number of methoxy groups -OCH3 is 1. The minimum atomic E-state index is -0.290. The number of carbonyl (C=O) groups excluding carboxylic acids is 1. The van der Waals surface area contributed by atoms with E-state index in [1.54, 1.807) is 17.1 Å². The second kappa shape index (κ2) is 8.83. The Balaban J connectivity index is 0.00000116. The summed E-state index contributed by atoms with van der Waals surface area (Å²) in [5.41, 5.74) is 6.78. The molecule has 0 bridgehead atoms. The second-order valence-corrected chi connectivity index (χ2v) is 4.22. The molecule has 0 atom stereocenters. The predicted octanol–water partition coefficient (Wildman–Crippen LogP) is 2.24. The Bertz CT molecular complexity index is 616. The van der Waals surface area contributed by atoms with Crippen LogP contribution in [0, 0.1) is 0 Å². The van der Waals surface area contributed by atoms with Gasteiger partial charge in [-0.05, 0) is 11.6 Å². The van der Waals surface area contributed by atoms with Crippen LogP contribution in [0.2, 0.25) is 5.28 Å². The van der Waals surface area contributed by atoms with E-state index >= 15 is 0 Å². The molecule has 22 heavy (non-hydrogen) atoms. The number of anilines is 3. The minimum Gasteiger partial charge on any atom is -0.469 e. The van der Waals surface area contributed by atoms with Crippen LogP contribution in [0.25, 0.3) is 0 Å². The summed E-state index contributed by atoms with van der Waals surface area (Å²) in [4.78, 5) is 18.8. The topological polar surface area (TPSA) is 108 Å². The highest BCUT2D eigenvalue weighted by Gasteiger charge is 2.06. The number of nitrogens with zero attached hydrogens (tertiary/aromatic N) is 4.